The van der Waals surface area contributed by atoms with E-state index >= 15 is 0 Å². The number of amides is 1. The molecule has 6 heteroatoms. The molecular weight excluding hydrogens is 328 g/mol. The van der Waals surface area contributed by atoms with Crippen molar-refractivity contribution >= 4 is 16.8 Å². The molecule has 2 aliphatic rings. The Morgan fingerprint density at radius 3 is 2.73 bits per heavy atom. The summed E-state index contributed by atoms with van der Waals surface area (Å²) in [6, 6.07) is 7.29. The number of fused-ring (bicyclic) bond motifs is 2. The summed E-state index contributed by atoms with van der Waals surface area (Å²) < 4.78 is 1.46. The van der Waals surface area contributed by atoms with Gasteiger partial charge in [0.05, 0.1) is 17.4 Å². The molecule has 2 aromatic rings. The number of nitrogens with two attached hydrogens (primary N) is 1. The number of carbonyl (C=O) groups excluding carboxylic acids is 1. The highest BCUT2D eigenvalue weighted by atomic mass is 16.2. The number of primary amides is 1. The van der Waals surface area contributed by atoms with Crippen LogP contribution in [0.5, 0.6) is 0 Å². The zero-order chi connectivity index (χ0) is 18.1. The summed E-state index contributed by atoms with van der Waals surface area (Å²) in [7, 11) is 0. The standard InChI is InChI=1S/C20H26N4O2/c21-18(25)12-24-19(22-17-8-4-3-7-16(17)20(24)26)13-23-10-9-14-5-1-2-6-15(14)11-23/h3-4,7-8,14-15H,1-2,5-6,9-13H2,(H2,21,25)/t14-,15-/m1/s1. The number of benzene rings is 1. The minimum atomic E-state index is -0.517. The van der Waals surface area contributed by atoms with Gasteiger partial charge >= 0.3 is 0 Å². The normalized spacial score (nSPS) is 23.7. The maximum atomic E-state index is 12.9. The van der Waals surface area contributed by atoms with Crippen molar-refractivity contribution in [1.82, 2.24) is 14.5 Å². The first-order chi connectivity index (χ1) is 12.6. The number of piperidine rings is 1. The monoisotopic (exact) mass is 354 g/mol. The van der Waals surface area contributed by atoms with Gasteiger partial charge in [-0.05, 0) is 43.4 Å². The largest absolute Gasteiger partial charge is 0.368 e. The van der Waals surface area contributed by atoms with Crippen molar-refractivity contribution < 1.29 is 4.79 Å². The summed E-state index contributed by atoms with van der Waals surface area (Å²) in [6.07, 6.45) is 6.58. The zero-order valence-corrected chi connectivity index (χ0v) is 15.1. The fraction of sp³-hybridized carbons (Fsp3) is 0.550. The van der Waals surface area contributed by atoms with Crippen LogP contribution in [0.15, 0.2) is 29.1 Å². The summed E-state index contributed by atoms with van der Waals surface area (Å²) in [5, 5.41) is 0.531. The van der Waals surface area contributed by atoms with Crippen LogP contribution in [0.2, 0.25) is 0 Å². The molecule has 1 aromatic heterocycles. The number of carbonyl (C=O) groups is 1. The average molecular weight is 354 g/mol. The Balaban J connectivity index is 1.64. The Bertz CT molecular complexity index is 876. The molecule has 1 saturated heterocycles. The number of para-hydroxylation sites is 1. The SMILES string of the molecule is NC(=O)Cn1c(CN2CC[C@H]3CCCC[C@@H]3C2)nc2ccccc2c1=O. The van der Waals surface area contributed by atoms with Crippen molar-refractivity contribution in [2.45, 2.75) is 45.2 Å². The molecule has 2 heterocycles. The van der Waals surface area contributed by atoms with Gasteiger partial charge in [-0.2, -0.15) is 0 Å². The molecule has 1 aliphatic carbocycles. The van der Waals surface area contributed by atoms with Gasteiger partial charge in [0.1, 0.15) is 12.4 Å². The van der Waals surface area contributed by atoms with Crippen molar-refractivity contribution in [3.63, 3.8) is 0 Å². The van der Waals surface area contributed by atoms with E-state index in [4.69, 9.17) is 10.7 Å². The molecular formula is C20H26N4O2. The maximum Gasteiger partial charge on any atom is 0.261 e. The number of aromatic nitrogens is 2. The molecule has 1 aliphatic heterocycles. The second-order valence-corrected chi connectivity index (χ2v) is 7.73. The van der Waals surface area contributed by atoms with Gasteiger partial charge in [0.25, 0.3) is 5.56 Å². The number of hydrogen-bond acceptors (Lipinski definition) is 4. The minimum absolute atomic E-state index is 0.119. The molecule has 0 spiro atoms. The van der Waals surface area contributed by atoms with Crippen molar-refractivity contribution in [1.29, 1.82) is 0 Å². The molecule has 26 heavy (non-hydrogen) atoms. The molecule has 138 valence electrons. The lowest BCUT2D eigenvalue weighted by Crippen LogP contribution is -2.43. The molecule has 2 atom stereocenters. The van der Waals surface area contributed by atoms with E-state index in [2.05, 4.69) is 4.90 Å². The van der Waals surface area contributed by atoms with Gasteiger partial charge < -0.3 is 5.73 Å². The predicted molar refractivity (Wildman–Crippen MR) is 101 cm³/mol. The fourth-order valence-corrected chi connectivity index (χ4v) is 4.67. The van der Waals surface area contributed by atoms with E-state index < -0.39 is 5.91 Å². The van der Waals surface area contributed by atoms with E-state index in [1.54, 1.807) is 6.07 Å². The summed E-state index contributed by atoms with van der Waals surface area (Å²) in [5.74, 6) is 1.74. The molecule has 1 saturated carbocycles. The maximum absolute atomic E-state index is 12.9. The van der Waals surface area contributed by atoms with Gasteiger partial charge in [0.15, 0.2) is 0 Å². The second-order valence-electron chi connectivity index (χ2n) is 7.73. The highest BCUT2D eigenvalue weighted by Crippen LogP contribution is 2.36. The first-order valence-corrected chi connectivity index (χ1v) is 9.61. The molecule has 0 radical (unpaired) electrons. The van der Waals surface area contributed by atoms with Crippen molar-refractivity contribution in [3.8, 4) is 0 Å². The van der Waals surface area contributed by atoms with E-state index in [0.29, 0.717) is 23.3 Å². The van der Waals surface area contributed by atoms with E-state index in [1.807, 2.05) is 18.2 Å². The van der Waals surface area contributed by atoms with Crippen LogP contribution in [0.1, 0.15) is 37.9 Å². The molecule has 0 bridgehead atoms. The molecule has 6 nitrogen and oxygen atoms in total. The van der Waals surface area contributed by atoms with Crippen LogP contribution >= 0.6 is 0 Å². The van der Waals surface area contributed by atoms with Crippen LogP contribution in [0.3, 0.4) is 0 Å². The van der Waals surface area contributed by atoms with Gasteiger partial charge in [-0.1, -0.05) is 31.4 Å². The summed E-state index contributed by atoms with van der Waals surface area (Å²) in [5.41, 5.74) is 5.88. The Labute approximate surface area is 153 Å². The Morgan fingerprint density at radius 1 is 1.15 bits per heavy atom. The summed E-state index contributed by atoms with van der Waals surface area (Å²) >= 11 is 0. The number of likely N-dealkylation sites (tertiary alicyclic amines) is 1. The molecule has 1 amide bonds. The lowest BCUT2D eigenvalue weighted by molar-refractivity contribution is -0.118. The van der Waals surface area contributed by atoms with Crippen LogP contribution in [-0.2, 0) is 17.9 Å². The number of nitrogens with zero attached hydrogens (tertiary/aromatic N) is 3. The highest BCUT2D eigenvalue weighted by Gasteiger charge is 2.31. The topological polar surface area (TPSA) is 81.2 Å². The zero-order valence-electron chi connectivity index (χ0n) is 15.1. The first-order valence-electron chi connectivity index (χ1n) is 9.61. The third-order valence-electron chi connectivity index (χ3n) is 5.99. The first kappa shape index (κ1) is 17.2. The lowest BCUT2D eigenvalue weighted by atomic mass is 9.75. The fourth-order valence-electron chi connectivity index (χ4n) is 4.67. The third-order valence-corrected chi connectivity index (χ3v) is 5.99. The van der Waals surface area contributed by atoms with E-state index in [1.165, 1.54) is 36.7 Å². The van der Waals surface area contributed by atoms with Crippen LogP contribution in [-0.4, -0.2) is 33.4 Å². The minimum Gasteiger partial charge on any atom is -0.368 e. The third kappa shape index (κ3) is 3.38. The van der Waals surface area contributed by atoms with Crippen LogP contribution in [0.4, 0.5) is 0 Å². The summed E-state index contributed by atoms with van der Waals surface area (Å²) in [4.78, 5) is 31.5. The quantitative estimate of drug-likeness (QED) is 0.909. The smallest absolute Gasteiger partial charge is 0.261 e. The van der Waals surface area contributed by atoms with Gasteiger partial charge in [0.2, 0.25) is 5.91 Å². The van der Waals surface area contributed by atoms with Crippen LogP contribution in [0, 0.1) is 11.8 Å². The molecule has 4 rings (SSSR count). The number of hydrogen-bond donors (Lipinski definition) is 1. The summed E-state index contributed by atoms with van der Waals surface area (Å²) in [6.45, 7) is 2.56. The van der Waals surface area contributed by atoms with Crippen molar-refractivity contribution in [2.24, 2.45) is 17.6 Å². The van der Waals surface area contributed by atoms with Crippen molar-refractivity contribution in [2.75, 3.05) is 13.1 Å². The lowest BCUT2D eigenvalue weighted by Gasteiger charge is -2.41. The van der Waals surface area contributed by atoms with Gasteiger partial charge in [-0.3, -0.25) is 19.1 Å². The van der Waals surface area contributed by atoms with Gasteiger partial charge in [-0.15, -0.1) is 0 Å². The molecule has 2 N–H and O–H groups in total. The average Bonchev–Trinajstić information content (AvgIpc) is 2.64. The van der Waals surface area contributed by atoms with Gasteiger partial charge in [0, 0.05) is 6.54 Å². The van der Waals surface area contributed by atoms with Crippen LogP contribution in [0.25, 0.3) is 10.9 Å². The van der Waals surface area contributed by atoms with Crippen LogP contribution < -0.4 is 11.3 Å². The number of rotatable bonds is 4. The Kier molecular flexibility index (Phi) is 4.76. The molecule has 2 fully saturated rings. The van der Waals surface area contributed by atoms with Crippen molar-refractivity contribution in [3.05, 3.63) is 40.4 Å². The second kappa shape index (κ2) is 7.19. The Hall–Kier alpha value is -2.21. The van der Waals surface area contributed by atoms with E-state index in [0.717, 1.165) is 24.9 Å². The Morgan fingerprint density at radius 2 is 1.92 bits per heavy atom. The van der Waals surface area contributed by atoms with Gasteiger partial charge in [-0.25, -0.2) is 4.98 Å². The molecule has 1 aromatic carbocycles. The van der Waals surface area contributed by atoms with E-state index in [-0.39, 0.29) is 12.1 Å². The molecule has 0 unspecified atom stereocenters. The highest BCUT2D eigenvalue weighted by molar-refractivity contribution is 5.78. The van der Waals surface area contributed by atoms with E-state index in [9.17, 15) is 9.59 Å². The predicted octanol–water partition coefficient (Wildman–Crippen LogP) is 1.89.